The number of primary amides is 1. The molecule has 0 spiro atoms. The van der Waals surface area contributed by atoms with Crippen molar-refractivity contribution in [3.63, 3.8) is 0 Å². The van der Waals surface area contributed by atoms with Crippen LogP contribution in [0.3, 0.4) is 0 Å². The van der Waals surface area contributed by atoms with Gasteiger partial charge >= 0.3 is 0 Å². The molecule has 3 N–H and O–H groups in total. The summed E-state index contributed by atoms with van der Waals surface area (Å²) >= 11 is 0. The standard InChI is InChI=1S/C20H22N6O2/c1-2-25(16-9-6-10-22-16)20-23-11-14-17(27)15(18(21)28)12-26(19(14)24-20)13-7-4-3-5-8-13/h3-5,7-8,11-12,16,22H,2,6,9-10H2,1H3,(H2,21,28). The van der Waals surface area contributed by atoms with Crippen molar-refractivity contribution >= 4 is 22.9 Å². The summed E-state index contributed by atoms with van der Waals surface area (Å²) in [5, 5.41) is 3.72. The Labute approximate surface area is 162 Å². The van der Waals surface area contributed by atoms with Gasteiger partial charge in [0.15, 0.2) is 5.65 Å². The molecule has 1 aliphatic heterocycles. The number of pyridine rings is 1. The molecule has 1 amide bonds. The molecule has 1 fully saturated rings. The molecule has 1 atom stereocenters. The van der Waals surface area contributed by atoms with Gasteiger partial charge < -0.3 is 15.2 Å². The lowest BCUT2D eigenvalue weighted by Crippen LogP contribution is -2.43. The second kappa shape index (κ2) is 7.40. The molecule has 8 nitrogen and oxygen atoms in total. The van der Waals surface area contributed by atoms with Crippen LogP contribution in [0.4, 0.5) is 5.95 Å². The number of aromatic nitrogens is 3. The van der Waals surface area contributed by atoms with Crippen LogP contribution in [0.1, 0.15) is 30.1 Å². The maximum absolute atomic E-state index is 12.7. The summed E-state index contributed by atoms with van der Waals surface area (Å²) in [6.07, 6.45) is 5.24. The van der Waals surface area contributed by atoms with Crippen LogP contribution in [0.25, 0.3) is 16.7 Å². The predicted octanol–water partition coefficient (Wildman–Crippen LogP) is 1.42. The Balaban J connectivity index is 1.95. The number of para-hydroxylation sites is 1. The van der Waals surface area contributed by atoms with E-state index in [-0.39, 0.29) is 17.1 Å². The quantitative estimate of drug-likeness (QED) is 0.695. The zero-order chi connectivity index (χ0) is 19.7. The van der Waals surface area contributed by atoms with Gasteiger partial charge in [-0.05, 0) is 38.4 Å². The Hall–Kier alpha value is -3.26. The van der Waals surface area contributed by atoms with E-state index in [2.05, 4.69) is 15.2 Å². The van der Waals surface area contributed by atoms with E-state index in [1.165, 1.54) is 12.4 Å². The second-order valence-corrected chi connectivity index (χ2v) is 6.75. The SMILES string of the molecule is CCN(c1ncc2c(=O)c(C(N)=O)cn(-c3ccccc3)c2n1)C1CCCN1. The smallest absolute Gasteiger partial charge is 0.254 e. The second-order valence-electron chi connectivity index (χ2n) is 6.75. The van der Waals surface area contributed by atoms with Crippen molar-refractivity contribution < 1.29 is 4.79 Å². The van der Waals surface area contributed by atoms with E-state index < -0.39 is 11.3 Å². The maximum atomic E-state index is 12.7. The first-order valence-electron chi connectivity index (χ1n) is 9.38. The number of hydrogen-bond donors (Lipinski definition) is 2. The molecule has 28 heavy (non-hydrogen) atoms. The lowest BCUT2D eigenvalue weighted by Gasteiger charge is -2.28. The van der Waals surface area contributed by atoms with Crippen molar-refractivity contribution in [3.05, 3.63) is 58.5 Å². The van der Waals surface area contributed by atoms with Gasteiger partial charge in [0.25, 0.3) is 5.91 Å². The highest BCUT2D eigenvalue weighted by molar-refractivity contribution is 5.96. The summed E-state index contributed by atoms with van der Waals surface area (Å²) in [7, 11) is 0. The third-order valence-corrected chi connectivity index (χ3v) is 5.04. The zero-order valence-corrected chi connectivity index (χ0v) is 15.6. The number of hydrogen-bond acceptors (Lipinski definition) is 6. The van der Waals surface area contributed by atoms with E-state index in [1.807, 2.05) is 37.3 Å². The molecule has 0 bridgehead atoms. The molecule has 3 heterocycles. The molecule has 1 aromatic carbocycles. The maximum Gasteiger partial charge on any atom is 0.254 e. The Morgan fingerprint density at radius 2 is 2.14 bits per heavy atom. The fraction of sp³-hybridized carbons (Fsp3) is 0.300. The fourth-order valence-electron chi connectivity index (χ4n) is 3.63. The van der Waals surface area contributed by atoms with Crippen molar-refractivity contribution in [3.8, 4) is 5.69 Å². The van der Waals surface area contributed by atoms with Crippen LogP contribution in [0.5, 0.6) is 0 Å². The number of nitrogens with one attached hydrogen (secondary N) is 1. The normalized spacial score (nSPS) is 16.4. The summed E-state index contributed by atoms with van der Waals surface area (Å²) < 4.78 is 1.72. The summed E-state index contributed by atoms with van der Waals surface area (Å²) in [5.74, 6) is -0.226. The van der Waals surface area contributed by atoms with Gasteiger partial charge in [0.05, 0.1) is 11.6 Å². The van der Waals surface area contributed by atoms with Crippen molar-refractivity contribution in [2.24, 2.45) is 5.73 Å². The highest BCUT2D eigenvalue weighted by atomic mass is 16.2. The minimum atomic E-state index is -0.772. The van der Waals surface area contributed by atoms with Gasteiger partial charge in [-0.1, -0.05) is 18.2 Å². The van der Waals surface area contributed by atoms with Gasteiger partial charge in [0.1, 0.15) is 5.56 Å². The number of carbonyl (C=O) groups excluding carboxylic acids is 1. The number of rotatable bonds is 5. The largest absolute Gasteiger partial charge is 0.365 e. The minimum absolute atomic E-state index is 0.0856. The predicted molar refractivity (Wildman–Crippen MR) is 108 cm³/mol. The number of carbonyl (C=O) groups is 1. The molecule has 3 aromatic rings. The Morgan fingerprint density at radius 1 is 1.36 bits per heavy atom. The average molecular weight is 378 g/mol. The molecule has 1 aliphatic rings. The average Bonchev–Trinajstić information content (AvgIpc) is 3.24. The van der Waals surface area contributed by atoms with E-state index in [0.717, 1.165) is 31.6 Å². The topological polar surface area (TPSA) is 106 Å². The highest BCUT2D eigenvalue weighted by Gasteiger charge is 2.24. The van der Waals surface area contributed by atoms with Crippen LogP contribution < -0.4 is 21.4 Å². The molecule has 0 radical (unpaired) electrons. The molecule has 144 valence electrons. The van der Waals surface area contributed by atoms with E-state index >= 15 is 0 Å². The summed E-state index contributed by atoms with van der Waals surface area (Å²) in [5.41, 5.74) is 6.11. The van der Waals surface area contributed by atoms with Crippen LogP contribution in [0.2, 0.25) is 0 Å². The van der Waals surface area contributed by atoms with Gasteiger partial charge in [0.2, 0.25) is 11.4 Å². The minimum Gasteiger partial charge on any atom is -0.365 e. The van der Waals surface area contributed by atoms with Gasteiger partial charge in [-0.3, -0.25) is 14.9 Å². The van der Waals surface area contributed by atoms with Crippen LogP contribution in [0.15, 0.2) is 47.5 Å². The van der Waals surface area contributed by atoms with E-state index in [9.17, 15) is 9.59 Å². The van der Waals surface area contributed by atoms with E-state index in [4.69, 9.17) is 10.7 Å². The molecular weight excluding hydrogens is 356 g/mol. The first kappa shape index (κ1) is 18.1. The lowest BCUT2D eigenvalue weighted by atomic mass is 10.2. The first-order chi connectivity index (χ1) is 13.6. The monoisotopic (exact) mass is 378 g/mol. The van der Waals surface area contributed by atoms with E-state index in [0.29, 0.717) is 11.6 Å². The van der Waals surface area contributed by atoms with Gasteiger partial charge in [-0.2, -0.15) is 4.98 Å². The number of anilines is 1. The first-order valence-corrected chi connectivity index (χ1v) is 9.38. The summed E-state index contributed by atoms with van der Waals surface area (Å²) in [6.45, 7) is 3.75. The molecule has 2 aromatic heterocycles. The van der Waals surface area contributed by atoms with E-state index in [1.54, 1.807) is 4.57 Å². The summed E-state index contributed by atoms with van der Waals surface area (Å²) in [4.78, 5) is 35.8. The fourth-order valence-corrected chi connectivity index (χ4v) is 3.63. The number of benzene rings is 1. The number of amides is 1. The Bertz CT molecular complexity index is 1070. The van der Waals surface area contributed by atoms with Crippen LogP contribution in [-0.4, -0.2) is 39.7 Å². The number of nitrogens with two attached hydrogens (primary N) is 1. The zero-order valence-electron chi connectivity index (χ0n) is 15.6. The van der Waals surface area contributed by atoms with Gasteiger partial charge in [0, 0.05) is 24.6 Å². The molecule has 1 saturated heterocycles. The van der Waals surface area contributed by atoms with Gasteiger partial charge in [-0.25, -0.2) is 4.98 Å². The van der Waals surface area contributed by atoms with Crippen molar-refractivity contribution in [2.45, 2.75) is 25.9 Å². The third kappa shape index (κ3) is 3.11. The molecule has 0 aliphatic carbocycles. The van der Waals surface area contributed by atoms with Crippen molar-refractivity contribution in [1.82, 2.24) is 19.9 Å². The molecule has 0 saturated carbocycles. The number of nitrogens with zero attached hydrogens (tertiary/aromatic N) is 4. The Kier molecular flexibility index (Phi) is 4.79. The van der Waals surface area contributed by atoms with Crippen LogP contribution in [-0.2, 0) is 0 Å². The lowest BCUT2D eigenvalue weighted by molar-refractivity contribution is 0.0999. The molecule has 8 heteroatoms. The van der Waals surface area contributed by atoms with Crippen molar-refractivity contribution in [2.75, 3.05) is 18.0 Å². The third-order valence-electron chi connectivity index (χ3n) is 5.04. The Morgan fingerprint density at radius 3 is 2.79 bits per heavy atom. The van der Waals surface area contributed by atoms with Crippen LogP contribution in [0, 0.1) is 0 Å². The van der Waals surface area contributed by atoms with Crippen molar-refractivity contribution in [1.29, 1.82) is 0 Å². The molecule has 4 rings (SSSR count). The molecular formula is C20H22N6O2. The highest BCUT2D eigenvalue weighted by Crippen LogP contribution is 2.21. The van der Waals surface area contributed by atoms with Gasteiger partial charge in [-0.15, -0.1) is 0 Å². The number of fused-ring (bicyclic) bond motifs is 1. The summed E-state index contributed by atoms with van der Waals surface area (Å²) in [6, 6.07) is 9.42. The van der Waals surface area contributed by atoms with Crippen LogP contribution >= 0.6 is 0 Å². The molecule has 1 unspecified atom stereocenters.